The fraction of sp³-hybridized carbons (Fsp3) is 0.389. The zero-order chi connectivity index (χ0) is 17.8. The number of morpholine rings is 1. The van der Waals surface area contributed by atoms with Crippen molar-refractivity contribution in [2.75, 3.05) is 36.5 Å². The first-order chi connectivity index (χ1) is 12.1. The van der Waals surface area contributed by atoms with E-state index in [1.165, 1.54) is 0 Å². The minimum Gasteiger partial charge on any atom is -0.378 e. The van der Waals surface area contributed by atoms with E-state index in [9.17, 15) is 4.79 Å². The molecule has 25 heavy (non-hydrogen) atoms. The highest BCUT2D eigenvalue weighted by Crippen LogP contribution is 2.26. The Hall–Kier alpha value is -2.67. The Morgan fingerprint density at radius 2 is 1.92 bits per heavy atom. The molecule has 1 aliphatic heterocycles. The zero-order valence-corrected chi connectivity index (χ0v) is 14.6. The van der Waals surface area contributed by atoms with Crippen LogP contribution in [-0.4, -0.2) is 42.3 Å². The molecule has 132 valence electrons. The lowest BCUT2D eigenvalue weighted by Gasteiger charge is -2.29. The summed E-state index contributed by atoms with van der Waals surface area (Å²) in [6.07, 6.45) is 0.847. The molecular weight excluding hydrogens is 318 g/mol. The maximum absolute atomic E-state index is 10.9. The molecule has 2 aromatic rings. The van der Waals surface area contributed by atoms with Crippen molar-refractivity contribution in [3.63, 3.8) is 0 Å². The smallest absolute Gasteiger partial charge is 0.316 e. The van der Waals surface area contributed by atoms with E-state index in [4.69, 9.17) is 20.4 Å². The van der Waals surface area contributed by atoms with E-state index in [2.05, 4.69) is 24.1 Å². The van der Waals surface area contributed by atoms with Crippen molar-refractivity contribution in [3.8, 4) is 11.4 Å². The highest BCUT2D eigenvalue weighted by molar-refractivity contribution is 5.88. The molecule has 0 saturated carbocycles. The average Bonchev–Trinajstić information content (AvgIpc) is 2.63. The Bertz CT molecular complexity index is 755. The zero-order valence-electron chi connectivity index (χ0n) is 14.6. The van der Waals surface area contributed by atoms with Gasteiger partial charge in [-0.15, -0.1) is 0 Å². The topological polar surface area (TPSA) is 93.4 Å². The van der Waals surface area contributed by atoms with Crippen molar-refractivity contribution in [1.82, 2.24) is 9.97 Å². The van der Waals surface area contributed by atoms with E-state index in [1.807, 2.05) is 12.1 Å². The normalized spacial score (nSPS) is 14.4. The van der Waals surface area contributed by atoms with Crippen LogP contribution >= 0.6 is 0 Å². The fourth-order valence-electron chi connectivity index (χ4n) is 2.95. The van der Waals surface area contributed by atoms with Gasteiger partial charge in [-0.25, -0.2) is 14.8 Å². The first-order valence-electron chi connectivity index (χ1n) is 8.45. The van der Waals surface area contributed by atoms with Crippen molar-refractivity contribution in [2.24, 2.45) is 5.73 Å². The fourth-order valence-corrected chi connectivity index (χ4v) is 2.95. The third-order valence-electron chi connectivity index (χ3n) is 4.28. The highest BCUT2D eigenvalue weighted by Gasteiger charge is 2.19. The number of nitrogens with one attached hydrogen (secondary N) is 1. The van der Waals surface area contributed by atoms with E-state index in [0.717, 1.165) is 42.1 Å². The van der Waals surface area contributed by atoms with Gasteiger partial charge in [-0.2, -0.15) is 0 Å². The van der Waals surface area contributed by atoms with Crippen molar-refractivity contribution in [1.29, 1.82) is 0 Å². The molecule has 7 heteroatoms. The summed E-state index contributed by atoms with van der Waals surface area (Å²) in [5, 5.41) is 2.55. The van der Waals surface area contributed by atoms with Crippen LogP contribution in [0.1, 0.15) is 18.2 Å². The number of amides is 2. The minimum atomic E-state index is -0.581. The SMILES string of the molecule is CCc1nc(-c2ccc(NC(N)=O)cc2)nc(N2CCOCC2)c1C. The Labute approximate surface area is 147 Å². The molecule has 0 spiro atoms. The van der Waals surface area contributed by atoms with E-state index in [0.29, 0.717) is 24.7 Å². The molecule has 3 rings (SSSR count). The molecule has 0 unspecified atom stereocenters. The lowest BCUT2D eigenvalue weighted by Crippen LogP contribution is -2.37. The molecule has 0 atom stereocenters. The lowest BCUT2D eigenvalue weighted by molar-refractivity contribution is 0.122. The average molecular weight is 341 g/mol. The molecule has 1 aromatic heterocycles. The number of primary amides is 1. The van der Waals surface area contributed by atoms with Crippen LogP contribution in [0.15, 0.2) is 24.3 Å². The van der Waals surface area contributed by atoms with Gasteiger partial charge in [0.25, 0.3) is 0 Å². The summed E-state index contributed by atoms with van der Waals surface area (Å²) in [5.74, 6) is 1.67. The maximum Gasteiger partial charge on any atom is 0.316 e. The standard InChI is InChI=1S/C18H23N5O2/c1-3-15-12(2)17(23-8-10-25-11-9-23)22-16(21-15)13-4-6-14(7-5-13)20-18(19)24/h4-7H,3,8-11H2,1-2H3,(H3,19,20,24). The summed E-state index contributed by atoms with van der Waals surface area (Å²) >= 11 is 0. The van der Waals surface area contributed by atoms with Crippen LogP contribution in [0.25, 0.3) is 11.4 Å². The summed E-state index contributed by atoms with van der Waals surface area (Å²) in [7, 11) is 0. The van der Waals surface area contributed by atoms with Gasteiger partial charge in [0.1, 0.15) is 5.82 Å². The number of nitrogens with zero attached hydrogens (tertiary/aromatic N) is 3. The maximum atomic E-state index is 10.9. The summed E-state index contributed by atoms with van der Waals surface area (Å²) in [4.78, 5) is 22.7. The third-order valence-corrected chi connectivity index (χ3v) is 4.28. The van der Waals surface area contributed by atoms with Gasteiger partial charge in [-0.1, -0.05) is 6.92 Å². The highest BCUT2D eigenvalue weighted by atomic mass is 16.5. The van der Waals surface area contributed by atoms with Gasteiger partial charge in [0, 0.05) is 35.6 Å². The molecule has 1 fully saturated rings. The number of aryl methyl sites for hydroxylation is 1. The molecule has 1 aliphatic rings. The van der Waals surface area contributed by atoms with Crippen molar-refractivity contribution in [2.45, 2.75) is 20.3 Å². The number of urea groups is 1. The molecule has 2 heterocycles. The van der Waals surface area contributed by atoms with Gasteiger partial charge in [-0.3, -0.25) is 0 Å². The second-order valence-electron chi connectivity index (χ2n) is 5.96. The number of nitrogens with two attached hydrogens (primary N) is 1. The van der Waals surface area contributed by atoms with Gasteiger partial charge in [0.05, 0.1) is 13.2 Å². The van der Waals surface area contributed by atoms with Crippen LogP contribution in [0.2, 0.25) is 0 Å². The van der Waals surface area contributed by atoms with Gasteiger partial charge in [-0.05, 0) is 37.6 Å². The van der Waals surface area contributed by atoms with Crippen LogP contribution in [0, 0.1) is 6.92 Å². The quantitative estimate of drug-likeness (QED) is 0.890. The van der Waals surface area contributed by atoms with Crippen LogP contribution in [0.3, 0.4) is 0 Å². The summed E-state index contributed by atoms with van der Waals surface area (Å²) in [6.45, 7) is 7.28. The molecule has 0 bridgehead atoms. The predicted molar refractivity (Wildman–Crippen MR) is 97.8 cm³/mol. The lowest BCUT2D eigenvalue weighted by atomic mass is 10.1. The second kappa shape index (κ2) is 7.48. The van der Waals surface area contributed by atoms with Gasteiger partial charge in [0.15, 0.2) is 5.82 Å². The first kappa shape index (κ1) is 17.2. The molecule has 2 amide bonds. The monoisotopic (exact) mass is 341 g/mol. The third kappa shape index (κ3) is 3.88. The summed E-state index contributed by atoms with van der Waals surface area (Å²) in [5.41, 5.74) is 8.86. The number of carbonyl (C=O) groups is 1. The summed E-state index contributed by atoms with van der Waals surface area (Å²) in [6, 6.07) is 6.78. The molecule has 3 N–H and O–H groups in total. The van der Waals surface area contributed by atoms with E-state index in [1.54, 1.807) is 12.1 Å². The van der Waals surface area contributed by atoms with Crippen molar-refractivity contribution < 1.29 is 9.53 Å². The molecule has 0 radical (unpaired) electrons. The Kier molecular flexibility index (Phi) is 5.14. The van der Waals surface area contributed by atoms with E-state index < -0.39 is 6.03 Å². The van der Waals surface area contributed by atoms with Crippen molar-refractivity contribution in [3.05, 3.63) is 35.5 Å². The number of aromatic nitrogens is 2. The Balaban J connectivity index is 1.96. The number of ether oxygens (including phenoxy) is 1. The Morgan fingerprint density at radius 1 is 1.24 bits per heavy atom. The first-order valence-corrected chi connectivity index (χ1v) is 8.45. The van der Waals surface area contributed by atoms with Crippen molar-refractivity contribution >= 4 is 17.5 Å². The van der Waals surface area contributed by atoms with Gasteiger partial charge in [0.2, 0.25) is 0 Å². The van der Waals surface area contributed by atoms with E-state index >= 15 is 0 Å². The number of rotatable bonds is 4. The number of carbonyl (C=O) groups excluding carboxylic acids is 1. The number of benzene rings is 1. The molecule has 7 nitrogen and oxygen atoms in total. The second-order valence-corrected chi connectivity index (χ2v) is 5.96. The predicted octanol–water partition coefficient (Wildman–Crippen LogP) is 2.34. The van der Waals surface area contributed by atoms with E-state index in [-0.39, 0.29) is 0 Å². The molecule has 1 aromatic carbocycles. The molecule has 0 aliphatic carbocycles. The summed E-state index contributed by atoms with van der Waals surface area (Å²) < 4.78 is 5.45. The van der Waals surface area contributed by atoms with Crippen LogP contribution in [-0.2, 0) is 11.2 Å². The number of hydrogen-bond acceptors (Lipinski definition) is 5. The molecular formula is C18H23N5O2. The number of hydrogen-bond donors (Lipinski definition) is 2. The van der Waals surface area contributed by atoms with Crippen LogP contribution < -0.4 is 16.0 Å². The van der Waals surface area contributed by atoms with Gasteiger partial charge >= 0.3 is 6.03 Å². The van der Waals surface area contributed by atoms with Crippen LogP contribution in [0.4, 0.5) is 16.3 Å². The van der Waals surface area contributed by atoms with Gasteiger partial charge < -0.3 is 20.7 Å². The largest absolute Gasteiger partial charge is 0.378 e. The number of anilines is 2. The molecule has 1 saturated heterocycles. The van der Waals surface area contributed by atoms with Crippen LogP contribution in [0.5, 0.6) is 0 Å². The minimum absolute atomic E-state index is 0.581. The Morgan fingerprint density at radius 3 is 2.52 bits per heavy atom.